The van der Waals surface area contributed by atoms with Crippen LogP contribution in [0.4, 0.5) is 0 Å². The molecule has 0 amide bonds. The molecule has 2 aliphatic carbocycles. The molecule has 2 aliphatic rings. The molecule has 0 radical (unpaired) electrons. The van der Waals surface area contributed by atoms with Crippen LogP contribution in [-0.4, -0.2) is 0 Å². The van der Waals surface area contributed by atoms with E-state index in [0.29, 0.717) is 0 Å². The highest BCUT2D eigenvalue weighted by Gasteiger charge is 2.44. The summed E-state index contributed by atoms with van der Waals surface area (Å²) in [5, 5.41) is 0. The van der Waals surface area contributed by atoms with E-state index in [1.54, 1.807) is 0 Å². The Morgan fingerprint density at radius 1 is 1.17 bits per heavy atom. The van der Waals surface area contributed by atoms with Crippen LogP contribution in [-0.2, 0) is 5.41 Å². The maximum absolute atomic E-state index is 4.09. The Morgan fingerprint density at radius 2 is 1.89 bits per heavy atom. The first kappa shape index (κ1) is 11.5. The molecule has 0 atom stereocenters. The maximum atomic E-state index is 4.09. The fourth-order valence-corrected chi connectivity index (χ4v) is 3.85. The van der Waals surface area contributed by atoms with E-state index in [9.17, 15) is 0 Å². The second kappa shape index (κ2) is 4.28. The van der Waals surface area contributed by atoms with Gasteiger partial charge in [0, 0.05) is 5.41 Å². The molecule has 3 rings (SSSR count). The van der Waals surface area contributed by atoms with Crippen LogP contribution in [0.5, 0.6) is 0 Å². The molecule has 92 valence electrons. The molecule has 18 heavy (non-hydrogen) atoms. The lowest BCUT2D eigenvalue weighted by atomic mass is 9.76. The smallest absolute Gasteiger partial charge is 0.0215 e. The van der Waals surface area contributed by atoms with Crippen molar-refractivity contribution >= 4 is 5.57 Å². The summed E-state index contributed by atoms with van der Waals surface area (Å²) in [5.41, 5.74) is 6.08. The molecule has 0 aliphatic heterocycles. The molecule has 0 saturated heterocycles. The van der Waals surface area contributed by atoms with Crippen molar-refractivity contribution in [3.8, 4) is 0 Å². The summed E-state index contributed by atoms with van der Waals surface area (Å²) in [6.45, 7) is 6.18. The van der Waals surface area contributed by atoms with Gasteiger partial charge in [0.1, 0.15) is 0 Å². The van der Waals surface area contributed by atoms with Gasteiger partial charge in [-0.25, -0.2) is 0 Å². The van der Waals surface area contributed by atoms with Crippen LogP contribution in [0.1, 0.15) is 43.7 Å². The van der Waals surface area contributed by atoms with Crippen LogP contribution in [0.2, 0.25) is 0 Å². The van der Waals surface area contributed by atoms with Gasteiger partial charge in [-0.15, -0.1) is 0 Å². The first-order valence-electron chi connectivity index (χ1n) is 6.93. The minimum absolute atomic E-state index is 0.271. The Morgan fingerprint density at radius 3 is 2.56 bits per heavy atom. The van der Waals surface area contributed by atoms with Gasteiger partial charge in [0.25, 0.3) is 0 Å². The van der Waals surface area contributed by atoms with Crippen LogP contribution >= 0.6 is 0 Å². The van der Waals surface area contributed by atoms with Crippen molar-refractivity contribution in [3.63, 3.8) is 0 Å². The summed E-state index contributed by atoms with van der Waals surface area (Å²) in [7, 11) is 0. The zero-order valence-electron chi connectivity index (χ0n) is 11.1. The topological polar surface area (TPSA) is 0 Å². The van der Waals surface area contributed by atoms with Crippen molar-refractivity contribution in [1.82, 2.24) is 0 Å². The van der Waals surface area contributed by atoms with E-state index in [1.807, 2.05) is 0 Å². The van der Waals surface area contributed by atoms with Crippen LogP contribution < -0.4 is 0 Å². The van der Waals surface area contributed by atoms with E-state index >= 15 is 0 Å². The fraction of sp³-hybridized carbons (Fsp3) is 0.333. The third-order valence-corrected chi connectivity index (χ3v) is 4.53. The lowest BCUT2D eigenvalue weighted by molar-refractivity contribution is 0.545. The molecule has 0 heteroatoms. The highest BCUT2D eigenvalue weighted by molar-refractivity contribution is 5.88. The minimum atomic E-state index is 0.271. The summed E-state index contributed by atoms with van der Waals surface area (Å²) in [6.07, 6.45) is 11.7. The Kier molecular flexibility index (Phi) is 2.74. The fourth-order valence-electron chi connectivity index (χ4n) is 3.85. The lowest BCUT2D eigenvalue weighted by Gasteiger charge is -2.27. The van der Waals surface area contributed by atoms with Gasteiger partial charge < -0.3 is 0 Å². The van der Waals surface area contributed by atoms with Gasteiger partial charge in [0.15, 0.2) is 0 Å². The highest BCUT2D eigenvalue weighted by Crippen LogP contribution is 2.55. The second-order valence-electron chi connectivity index (χ2n) is 5.37. The first-order valence-corrected chi connectivity index (χ1v) is 6.93. The summed E-state index contributed by atoms with van der Waals surface area (Å²) >= 11 is 0. The zero-order valence-corrected chi connectivity index (χ0v) is 11.1. The van der Waals surface area contributed by atoms with E-state index < -0.39 is 0 Å². The van der Waals surface area contributed by atoms with Crippen molar-refractivity contribution in [3.05, 3.63) is 65.8 Å². The van der Waals surface area contributed by atoms with Crippen molar-refractivity contribution in [2.24, 2.45) is 0 Å². The van der Waals surface area contributed by atoms with Crippen LogP contribution in [0.15, 0.2) is 54.6 Å². The highest BCUT2D eigenvalue weighted by atomic mass is 14.5. The molecular weight excluding hydrogens is 216 g/mol. The van der Waals surface area contributed by atoms with E-state index in [1.165, 1.54) is 48.0 Å². The van der Waals surface area contributed by atoms with E-state index in [2.05, 4.69) is 56.0 Å². The Balaban J connectivity index is 2.29. The molecule has 0 unspecified atom stereocenters. The summed E-state index contributed by atoms with van der Waals surface area (Å²) in [6, 6.07) is 8.91. The Bertz CT molecular complexity index is 537. The van der Waals surface area contributed by atoms with Crippen molar-refractivity contribution in [1.29, 1.82) is 0 Å². The van der Waals surface area contributed by atoms with Crippen LogP contribution in [0, 0.1) is 0 Å². The largest absolute Gasteiger partial charge is 0.0987 e. The molecule has 1 saturated carbocycles. The second-order valence-corrected chi connectivity index (χ2v) is 5.37. The zero-order chi connectivity index (χ0) is 12.6. The molecule has 0 bridgehead atoms. The number of hydrogen-bond acceptors (Lipinski definition) is 0. The first-order chi connectivity index (χ1) is 8.83. The maximum Gasteiger partial charge on any atom is 0.0215 e. The molecule has 1 aromatic carbocycles. The quantitative estimate of drug-likeness (QED) is 0.675. The lowest BCUT2D eigenvalue weighted by Crippen LogP contribution is -2.21. The van der Waals surface area contributed by atoms with Crippen LogP contribution in [0.25, 0.3) is 5.57 Å². The summed E-state index contributed by atoms with van der Waals surface area (Å²) in [4.78, 5) is 0. The number of allylic oxidation sites excluding steroid dienone is 5. The van der Waals surface area contributed by atoms with Gasteiger partial charge in [0.2, 0.25) is 0 Å². The minimum Gasteiger partial charge on any atom is -0.0987 e. The van der Waals surface area contributed by atoms with E-state index in [0.717, 1.165) is 0 Å². The average molecular weight is 236 g/mol. The number of benzene rings is 1. The number of hydrogen-bond donors (Lipinski definition) is 0. The van der Waals surface area contributed by atoms with Gasteiger partial charge in [-0.1, -0.05) is 61.9 Å². The number of rotatable bonds is 2. The molecule has 0 aromatic heterocycles. The van der Waals surface area contributed by atoms with Crippen molar-refractivity contribution < 1.29 is 0 Å². The van der Waals surface area contributed by atoms with Crippen molar-refractivity contribution in [2.75, 3.05) is 0 Å². The van der Waals surface area contributed by atoms with Gasteiger partial charge in [-0.2, -0.15) is 0 Å². The third-order valence-electron chi connectivity index (χ3n) is 4.53. The molecular formula is C18H20. The molecule has 0 nitrogen and oxygen atoms in total. The van der Waals surface area contributed by atoms with Gasteiger partial charge in [-0.3, -0.25) is 0 Å². The average Bonchev–Trinajstić information content (AvgIpc) is 2.97. The summed E-state index contributed by atoms with van der Waals surface area (Å²) < 4.78 is 0. The Hall–Kier alpha value is -1.56. The molecule has 1 aromatic rings. The molecule has 0 heterocycles. The monoisotopic (exact) mass is 236 g/mol. The normalized spacial score (nSPS) is 20.9. The third kappa shape index (κ3) is 1.38. The Labute approximate surface area is 110 Å². The van der Waals surface area contributed by atoms with Crippen molar-refractivity contribution in [2.45, 2.75) is 38.0 Å². The van der Waals surface area contributed by atoms with Crippen LogP contribution in [0.3, 0.4) is 0 Å². The van der Waals surface area contributed by atoms with E-state index in [-0.39, 0.29) is 5.41 Å². The summed E-state index contributed by atoms with van der Waals surface area (Å²) in [5.74, 6) is 0. The molecule has 1 fully saturated rings. The van der Waals surface area contributed by atoms with Gasteiger partial charge in [-0.05, 0) is 42.0 Å². The van der Waals surface area contributed by atoms with Gasteiger partial charge >= 0.3 is 0 Å². The molecule has 0 N–H and O–H groups in total. The predicted molar refractivity (Wildman–Crippen MR) is 78.5 cm³/mol. The van der Waals surface area contributed by atoms with Gasteiger partial charge in [0.05, 0.1) is 0 Å². The van der Waals surface area contributed by atoms with E-state index in [4.69, 9.17) is 0 Å². The SMILES string of the molecule is C=CC1=C(/C=C\C)c2ccccc2C12CCCC2. The predicted octanol–water partition coefficient (Wildman–Crippen LogP) is 5.03. The molecule has 1 spiro atoms. The standard InChI is InChI=1S/C18H20/c1-3-9-14-15-10-5-6-11-17(15)18(16(14)4-2)12-7-8-13-18/h3-6,9-11H,2,7-8,12-13H2,1H3/b9-3-. The number of fused-ring (bicyclic) bond motifs is 2.